The van der Waals surface area contributed by atoms with Crippen molar-refractivity contribution in [2.75, 3.05) is 28.1 Å². The summed E-state index contributed by atoms with van der Waals surface area (Å²) in [6.07, 6.45) is -1.67. The number of hydrogen-bond acceptors (Lipinski definition) is 10. The van der Waals surface area contributed by atoms with Crippen LogP contribution >= 0.6 is 11.8 Å². The van der Waals surface area contributed by atoms with Gasteiger partial charge in [-0.3, -0.25) is 0 Å². The molecule has 39 heavy (non-hydrogen) atoms. The molecule has 0 amide bonds. The van der Waals surface area contributed by atoms with Gasteiger partial charge in [0.05, 0.1) is 37.7 Å². The summed E-state index contributed by atoms with van der Waals surface area (Å²) in [7, 11) is 0.0793. The Hall–Kier alpha value is -4.23. The lowest BCUT2D eigenvalue weighted by molar-refractivity contribution is 0.101. The Balaban J connectivity index is 1.67. The number of fused-ring (bicyclic) bond motifs is 2. The van der Waals surface area contributed by atoms with Gasteiger partial charge in [0.15, 0.2) is 23.0 Å². The maximum absolute atomic E-state index is 13.9. The van der Waals surface area contributed by atoms with Crippen LogP contribution in [-0.4, -0.2) is 52.1 Å². The second-order valence-electron chi connectivity index (χ2n) is 8.16. The molecule has 204 valence electrons. The minimum Gasteiger partial charge on any atom is -0.493 e. The molecule has 2 aliphatic heterocycles. The molecule has 3 aromatic carbocycles. The predicted octanol–water partition coefficient (Wildman–Crippen LogP) is 4.76. The first kappa shape index (κ1) is 26.4. The Morgan fingerprint density at radius 1 is 0.974 bits per heavy atom. The van der Waals surface area contributed by atoms with Gasteiger partial charge in [-0.05, 0) is 42.0 Å². The van der Waals surface area contributed by atoms with Crippen LogP contribution in [0.25, 0.3) is 4.91 Å². The van der Waals surface area contributed by atoms with E-state index in [2.05, 4.69) is 0 Å². The molecule has 5 rings (SSSR count). The summed E-state index contributed by atoms with van der Waals surface area (Å²) in [5.74, 6) is 1.67. The lowest BCUT2D eigenvalue weighted by Crippen LogP contribution is -2.36. The van der Waals surface area contributed by atoms with Crippen molar-refractivity contribution in [3.63, 3.8) is 0 Å². The molecule has 13 heteroatoms. The molecular weight excluding hydrogens is 550 g/mol. The molecular formula is C26H23NO10S2. The smallest absolute Gasteiger partial charge is 0.493 e. The van der Waals surface area contributed by atoms with Crippen molar-refractivity contribution in [2.45, 2.75) is 16.3 Å². The zero-order valence-electron chi connectivity index (χ0n) is 21.0. The Morgan fingerprint density at radius 2 is 1.67 bits per heavy atom. The Bertz CT molecular complexity index is 1560. The highest BCUT2D eigenvalue weighted by Crippen LogP contribution is 2.48. The predicted molar refractivity (Wildman–Crippen MR) is 140 cm³/mol. The van der Waals surface area contributed by atoms with Crippen LogP contribution in [0.3, 0.4) is 0 Å². The third-order valence-corrected chi connectivity index (χ3v) is 8.79. The van der Waals surface area contributed by atoms with Crippen molar-refractivity contribution >= 4 is 32.8 Å². The summed E-state index contributed by atoms with van der Waals surface area (Å²) in [5, 5.41) is 9.63. The lowest BCUT2D eigenvalue weighted by Gasteiger charge is -2.32. The summed E-state index contributed by atoms with van der Waals surface area (Å²) in [5.41, 5.74) is 0.740. The molecule has 0 fully saturated rings. The molecule has 0 unspecified atom stereocenters. The summed E-state index contributed by atoms with van der Waals surface area (Å²) in [6.45, 7) is -0.204. The number of benzene rings is 3. The fourth-order valence-electron chi connectivity index (χ4n) is 4.22. The van der Waals surface area contributed by atoms with Crippen molar-refractivity contribution in [3.05, 3.63) is 71.6 Å². The average molecular weight is 574 g/mol. The van der Waals surface area contributed by atoms with Gasteiger partial charge in [-0.1, -0.05) is 30.0 Å². The van der Waals surface area contributed by atoms with Gasteiger partial charge in [-0.25, -0.2) is 17.5 Å². The van der Waals surface area contributed by atoms with Gasteiger partial charge in [0, 0.05) is 10.5 Å². The third kappa shape index (κ3) is 4.86. The standard InChI is InChI=1S/C26H23NO10S2/c1-32-20-10-15(11-21(33-2)23(20)34-3)13-27-25(37-26(28)29)24(17-6-4-5-7-22(17)39(27,30)31)38-16-8-9-18-19(12-16)36-14-35-18/h4-12H,13-14H2,1-3H3,(H,28,29). The summed E-state index contributed by atoms with van der Waals surface area (Å²) < 4.78 is 60.9. The summed E-state index contributed by atoms with van der Waals surface area (Å²) in [6, 6.07) is 14.7. The summed E-state index contributed by atoms with van der Waals surface area (Å²) in [4.78, 5) is 12.8. The number of methoxy groups -OCH3 is 3. The van der Waals surface area contributed by atoms with E-state index in [0.717, 1.165) is 16.1 Å². The van der Waals surface area contributed by atoms with Crippen molar-refractivity contribution in [1.82, 2.24) is 4.31 Å². The Morgan fingerprint density at radius 3 is 2.33 bits per heavy atom. The van der Waals surface area contributed by atoms with Crippen LogP contribution in [0.2, 0.25) is 0 Å². The average Bonchev–Trinajstić information content (AvgIpc) is 3.40. The van der Waals surface area contributed by atoms with Crippen molar-refractivity contribution < 1.29 is 46.7 Å². The highest BCUT2D eigenvalue weighted by molar-refractivity contribution is 8.08. The number of hydrogen-bond donors (Lipinski definition) is 1. The van der Waals surface area contributed by atoms with Crippen LogP contribution in [0, 0.1) is 0 Å². The third-order valence-electron chi connectivity index (χ3n) is 5.92. The molecule has 2 heterocycles. The van der Waals surface area contributed by atoms with E-state index in [4.69, 9.17) is 28.4 Å². The fraction of sp³-hybridized carbons (Fsp3) is 0.192. The van der Waals surface area contributed by atoms with Crippen LogP contribution in [0.4, 0.5) is 4.79 Å². The Labute approximate surface area is 228 Å². The monoisotopic (exact) mass is 573 g/mol. The first-order valence-electron chi connectivity index (χ1n) is 11.4. The van der Waals surface area contributed by atoms with Crippen LogP contribution in [0.5, 0.6) is 28.7 Å². The van der Waals surface area contributed by atoms with Gasteiger partial charge >= 0.3 is 6.16 Å². The van der Waals surface area contributed by atoms with E-state index in [1.165, 1.54) is 27.4 Å². The molecule has 11 nitrogen and oxygen atoms in total. The second kappa shape index (κ2) is 10.5. The van der Waals surface area contributed by atoms with E-state index >= 15 is 0 Å². The van der Waals surface area contributed by atoms with E-state index in [0.29, 0.717) is 44.8 Å². The van der Waals surface area contributed by atoms with E-state index in [9.17, 15) is 18.3 Å². The van der Waals surface area contributed by atoms with Gasteiger partial charge in [-0.2, -0.15) is 0 Å². The number of ether oxygens (including phenoxy) is 6. The number of carboxylic acid groups (broad SMARTS) is 1. The molecule has 2 aliphatic rings. The highest BCUT2D eigenvalue weighted by atomic mass is 32.2. The zero-order chi connectivity index (χ0) is 27.7. The number of nitrogens with zero attached hydrogens (tertiary/aromatic N) is 1. The van der Waals surface area contributed by atoms with Crippen molar-refractivity contribution in [1.29, 1.82) is 0 Å². The van der Waals surface area contributed by atoms with E-state index in [1.807, 2.05) is 0 Å². The number of thioether (sulfide) groups is 1. The van der Waals surface area contributed by atoms with Gasteiger partial charge in [0.2, 0.25) is 18.4 Å². The molecule has 0 aliphatic carbocycles. The summed E-state index contributed by atoms with van der Waals surface area (Å²) >= 11 is 1.14. The fourth-order valence-corrected chi connectivity index (χ4v) is 7.01. The first-order valence-corrected chi connectivity index (χ1v) is 13.7. The van der Waals surface area contributed by atoms with E-state index in [1.54, 1.807) is 48.5 Å². The molecule has 0 bridgehead atoms. The van der Waals surface area contributed by atoms with Gasteiger partial charge in [0.25, 0.3) is 10.0 Å². The van der Waals surface area contributed by atoms with Crippen molar-refractivity contribution in [2.24, 2.45) is 0 Å². The maximum Gasteiger partial charge on any atom is 0.512 e. The second-order valence-corrected chi connectivity index (χ2v) is 11.1. The normalized spacial score (nSPS) is 15.0. The lowest BCUT2D eigenvalue weighted by atomic mass is 10.1. The zero-order valence-corrected chi connectivity index (χ0v) is 22.6. The van der Waals surface area contributed by atoms with Gasteiger partial charge in [-0.15, -0.1) is 0 Å². The topological polar surface area (TPSA) is 130 Å². The van der Waals surface area contributed by atoms with Gasteiger partial charge < -0.3 is 33.5 Å². The van der Waals surface area contributed by atoms with Crippen LogP contribution < -0.4 is 23.7 Å². The molecule has 0 saturated carbocycles. The first-order chi connectivity index (χ1) is 18.8. The Kier molecular flexibility index (Phi) is 7.10. The number of sulfonamides is 1. The SMILES string of the molecule is COc1cc(CN2C(OC(=O)O)=C(Sc3ccc4c(c3)OCO4)c3ccccc3S2(=O)=O)cc(OC)c1OC. The van der Waals surface area contributed by atoms with Crippen LogP contribution in [0.1, 0.15) is 11.1 Å². The minimum absolute atomic E-state index is 0.00146. The minimum atomic E-state index is -4.25. The van der Waals surface area contributed by atoms with E-state index in [-0.39, 0.29) is 29.0 Å². The molecule has 0 spiro atoms. The maximum atomic E-state index is 13.9. The molecule has 3 aromatic rings. The molecule has 0 aromatic heterocycles. The largest absolute Gasteiger partial charge is 0.512 e. The quantitative estimate of drug-likeness (QED) is 0.374. The molecule has 0 radical (unpaired) electrons. The van der Waals surface area contributed by atoms with Crippen LogP contribution in [0.15, 0.2) is 70.3 Å². The number of carbonyl (C=O) groups is 1. The highest BCUT2D eigenvalue weighted by Gasteiger charge is 2.40. The molecule has 1 N–H and O–H groups in total. The van der Waals surface area contributed by atoms with E-state index < -0.39 is 16.2 Å². The molecule has 0 saturated heterocycles. The number of rotatable bonds is 8. The van der Waals surface area contributed by atoms with Gasteiger partial charge in [0.1, 0.15) is 0 Å². The molecule has 0 atom stereocenters. The van der Waals surface area contributed by atoms with Crippen molar-refractivity contribution in [3.8, 4) is 28.7 Å². The van der Waals surface area contributed by atoms with Crippen LogP contribution in [-0.2, 0) is 21.3 Å².